The quantitative estimate of drug-likeness (QED) is 0.515. The summed E-state index contributed by atoms with van der Waals surface area (Å²) < 4.78 is 27.6. The Morgan fingerprint density at radius 2 is 1.90 bits per heavy atom. The molecule has 1 aromatic carbocycles. The van der Waals surface area contributed by atoms with Gasteiger partial charge in [-0.15, -0.1) is 0 Å². The monoisotopic (exact) mass is 552 g/mol. The Morgan fingerprint density at radius 1 is 1.13 bits per heavy atom. The lowest BCUT2D eigenvalue weighted by molar-refractivity contribution is -0.129. The van der Waals surface area contributed by atoms with Crippen molar-refractivity contribution in [3.8, 4) is 0 Å². The number of carbonyl (C=O) groups excluding carboxylic acids is 2. The molecule has 10 nitrogen and oxygen atoms in total. The molecule has 0 spiro atoms. The number of sulfonamides is 1. The van der Waals surface area contributed by atoms with Crippen LogP contribution in [0.1, 0.15) is 67.2 Å². The average Bonchev–Trinajstić information content (AvgIpc) is 2.94. The molecule has 5 rings (SSSR count). The normalized spacial score (nSPS) is 21.8. The number of aromatic nitrogens is 2. The van der Waals surface area contributed by atoms with Gasteiger partial charge in [0.2, 0.25) is 11.8 Å². The van der Waals surface area contributed by atoms with Crippen LogP contribution in [0, 0.1) is 6.92 Å². The standard InChI is InChI=1S/C28H36N6O4S/c1-20-8-10-21(11-9-20)39(37,38)34-17-13-29-28(36)25(34)18-27(35)32-24-7-5-6-23-22(24)19-30-26(31-23)12-16-33-14-3-2-4-15-33/h8-11,13,17,19,24-25H,2-7,12,14-16,18H2,1H3,(H,29,36)(H,32,35)/t24-,25+/m0/s1. The van der Waals surface area contributed by atoms with Crippen LogP contribution in [0.25, 0.3) is 0 Å². The van der Waals surface area contributed by atoms with Crippen LogP contribution in [0.15, 0.2) is 47.8 Å². The molecule has 208 valence electrons. The molecular weight excluding hydrogens is 516 g/mol. The van der Waals surface area contributed by atoms with Crippen molar-refractivity contribution >= 4 is 21.8 Å². The van der Waals surface area contributed by atoms with E-state index in [0.717, 1.165) is 72.3 Å². The number of fused-ring (bicyclic) bond motifs is 1. The summed E-state index contributed by atoms with van der Waals surface area (Å²) in [4.78, 5) is 37.8. The predicted molar refractivity (Wildman–Crippen MR) is 146 cm³/mol. The number of nitrogens with zero attached hydrogens (tertiary/aromatic N) is 4. The highest BCUT2D eigenvalue weighted by Gasteiger charge is 2.37. The average molecular weight is 553 g/mol. The van der Waals surface area contributed by atoms with Crippen molar-refractivity contribution in [1.29, 1.82) is 0 Å². The molecule has 1 aromatic heterocycles. The third-order valence-corrected chi connectivity index (χ3v) is 9.50. The Labute approximate surface area is 229 Å². The van der Waals surface area contributed by atoms with Gasteiger partial charge in [-0.1, -0.05) is 24.1 Å². The second-order valence-corrected chi connectivity index (χ2v) is 12.4. The summed E-state index contributed by atoms with van der Waals surface area (Å²) in [5.41, 5.74) is 2.77. The molecule has 1 fully saturated rings. The Balaban J connectivity index is 1.25. The molecule has 1 aliphatic carbocycles. The first-order valence-electron chi connectivity index (χ1n) is 13.7. The summed E-state index contributed by atoms with van der Waals surface area (Å²) in [6.07, 6.45) is 11.1. The second-order valence-electron chi connectivity index (χ2n) is 10.5. The van der Waals surface area contributed by atoms with Crippen molar-refractivity contribution in [2.24, 2.45) is 0 Å². The summed E-state index contributed by atoms with van der Waals surface area (Å²) >= 11 is 0. The zero-order valence-corrected chi connectivity index (χ0v) is 23.1. The van der Waals surface area contributed by atoms with E-state index in [1.54, 1.807) is 12.1 Å². The summed E-state index contributed by atoms with van der Waals surface area (Å²) in [5.74, 6) is -0.121. The molecule has 2 N–H and O–H groups in total. The maximum absolute atomic E-state index is 13.3. The Morgan fingerprint density at radius 3 is 2.67 bits per heavy atom. The maximum atomic E-state index is 13.3. The van der Waals surface area contributed by atoms with Crippen LogP contribution in [0.4, 0.5) is 0 Å². The van der Waals surface area contributed by atoms with Gasteiger partial charge in [0, 0.05) is 42.8 Å². The summed E-state index contributed by atoms with van der Waals surface area (Å²) in [6, 6.07) is 4.93. The minimum atomic E-state index is -4.02. The van der Waals surface area contributed by atoms with E-state index in [2.05, 4.69) is 20.5 Å². The highest BCUT2D eigenvalue weighted by atomic mass is 32.2. The molecular formula is C28H36N6O4S. The highest BCUT2D eigenvalue weighted by Crippen LogP contribution is 2.29. The minimum absolute atomic E-state index is 0.0623. The molecule has 39 heavy (non-hydrogen) atoms. The van der Waals surface area contributed by atoms with E-state index in [-0.39, 0.29) is 17.4 Å². The first kappa shape index (κ1) is 27.3. The lowest BCUT2D eigenvalue weighted by Gasteiger charge is -2.32. The van der Waals surface area contributed by atoms with Crippen LogP contribution in [0.5, 0.6) is 0 Å². The van der Waals surface area contributed by atoms with E-state index < -0.39 is 27.9 Å². The van der Waals surface area contributed by atoms with Gasteiger partial charge >= 0.3 is 0 Å². The third-order valence-electron chi connectivity index (χ3n) is 7.70. The fourth-order valence-corrected chi connectivity index (χ4v) is 6.95. The molecule has 0 radical (unpaired) electrons. The number of carbonyl (C=O) groups is 2. The fraction of sp³-hybridized carbons (Fsp3) is 0.500. The molecule has 0 saturated carbocycles. The van der Waals surface area contributed by atoms with E-state index in [0.29, 0.717) is 0 Å². The lowest BCUT2D eigenvalue weighted by Crippen LogP contribution is -2.51. The van der Waals surface area contributed by atoms with Crippen molar-refractivity contribution in [3.05, 3.63) is 65.5 Å². The van der Waals surface area contributed by atoms with E-state index >= 15 is 0 Å². The van der Waals surface area contributed by atoms with Crippen LogP contribution >= 0.6 is 0 Å². The van der Waals surface area contributed by atoms with E-state index in [1.165, 1.54) is 43.8 Å². The molecule has 3 aliphatic rings. The summed E-state index contributed by atoms with van der Waals surface area (Å²) in [7, 11) is -4.02. The van der Waals surface area contributed by atoms with Crippen LogP contribution in [-0.2, 0) is 32.5 Å². The van der Waals surface area contributed by atoms with Gasteiger partial charge in [-0.2, -0.15) is 0 Å². The smallest absolute Gasteiger partial charge is 0.264 e. The number of hydrogen-bond acceptors (Lipinski definition) is 7. The van der Waals surface area contributed by atoms with Crippen molar-refractivity contribution in [1.82, 2.24) is 29.8 Å². The number of hydrogen-bond donors (Lipinski definition) is 2. The van der Waals surface area contributed by atoms with Crippen molar-refractivity contribution in [3.63, 3.8) is 0 Å². The Kier molecular flexibility index (Phi) is 8.27. The van der Waals surface area contributed by atoms with Crippen LogP contribution in [-0.4, -0.2) is 65.1 Å². The molecule has 2 aromatic rings. The molecule has 2 atom stereocenters. The van der Waals surface area contributed by atoms with Crippen LogP contribution in [0.3, 0.4) is 0 Å². The van der Waals surface area contributed by atoms with Gasteiger partial charge in [0.15, 0.2) is 0 Å². The zero-order valence-electron chi connectivity index (χ0n) is 22.3. The molecule has 2 amide bonds. The van der Waals surface area contributed by atoms with E-state index in [9.17, 15) is 18.0 Å². The van der Waals surface area contributed by atoms with Gasteiger partial charge in [-0.05, 0) is 64.3 Å². The topological polar surface area (TPSA) is 125 Å². The van der Waals surface area contributed by atoms with Crippen molar-refractivity contribution < 1.29 is 18.0 Å². The largest absolute Gasteiger partial charge is 0.349 e. The van der Waals surface area contributed by atoms with Gasteiger partial charge in [-0.25, -0.2) is 18.4 Å². The van der Waals surface area contributed by atoms with Crippen molar-refractivity contribution in [2.75, 3.05) is 19.6 Å². The Bertz CT molecular complexity index is 1340. The fourth-order valence-electron chi connectivity index (χ4n) is 5.50. The van der Waals surface area contributed by atoms with Gasteiger partial charge in [-0.3, -0.25) is 13.9 Å². The highest BCUT2D eigenvalue weighted by molar-refractivity contribution is 7.89. The van der Waals surface area contributed by atoms with Gasteiger partial charge < -0.3 is 15.5 Å². The van der Waals surface area contributed by atoms with E-state index in [1.807, 2.05) is 13.1 Å². The molecule has 0 bridgehead atoms. The molecule has 11 heteroatoms. The third kappa shape index (κ3) is 6.30. The SMILES string of the molecule is Cc1ccc(S(=O)(=O)N2C=CNC(=O)[C@H]2CC(=O)N[C@H]2CCCc3nc(CCN4CCCCC4)ncc32)cc1. The molecule has 0 unspecified atom stereocenters. The maximum Gasteiger partial charge on any atom is 0.264 e. The van der Waals surface area contributed by atoms with Gasteiger partial charge in [0.1, 0.15) is 11.9 Å². The number of amides is 2. The number of rotatable bonds is 8. The summed E-state index contributed by atoms with van der Waals surface area (Å²) in [6.45, 7) is 5.09. The number of nitrogens with one attached hydrogen (secondary N) is 2. The predicted octanol–water partition coefficient (Wildman–Crippen LogP) is 2.36. The van der Waals surface area contributed by atoms with Crippen LogP contribution in [0.2, 0.25) is 0 Å². The molecule has 3 heterocycles. The minimum Gasteiger partial charge on any atom is -0.349 e. The second kappa shape index (κ2) is 11.8. The number of likely N-dealkylation sites (tertiary alicyclic amines) is 1. The first-order valence-corrected chi connectivity index (χ1v) is 15.2. The van der Waals surface area contributed by atoms with Crippen LogP contribution < -0.4 is 10.6 Å². The zero-order chi connectivity index (χ0) is 27.4. The lowest BCUT2D eigenvalue weighted by atomic mass is 9.92. The van der Waals surface area contributed by atoms with Gasteiger partial charge in [0.25, 0.3) is 10.0 Å². The van der Waals surface area contributed by atoms with Gasteiger partial charge in [0.05, 0.1) is 17.4 Å². The number of benzene rings is 1. The number of piperidine rings is 1. The van der Waals surface area contributed by atoms with E-state index in [4.69, 9.17) is 4.98 Å². The molecule has 1 saturated heterocycles. The Hall–Kier alpha value is -3.31. The molecule has 2 aliphatic heterocycles. The summed E-state index contributed by atoms with van der Waals surface area (Å²) in [5, 5.41) is 5.54. The first-order chi connectivity index (χ1) is 18.8. The number of aryl methyl sites for hydroxylation is 2. The van der Waals surface area contributed by atoms with Crippen molar-refractivity contribution in [2.45, 2.75) is 75.3 Å².